The maximum Gasteiger partial charge on any atom is 0.407 e. The molecule has 0 spiro atoms. The van der Waals surface area contributed by atoms with Crippen molar-refractivity contribution >= 4 is 47.4 Å². The van der Waals surface area contributed by atoms with E-state index in [0.29, 0.717) is 18.8 Å². The van der Waals surface area contributed by atoms with Gasteiger partial charge >= 0.3 is 6.09 Å². The van der Waals surface area contributed by atoms with Gasteiger partial charge in [0.15, 0.2) is 0 Å². The second-order valence-electron chi connectivity index (χ2n) is 14.3. The third kappa shape index (κ3) is 10.8. The van der Waals surface area contributed by atoms with Crippen LogP contribution in [0.25, 0.3) is 0 Å². The summed E-state index contributed by atoms with van der Waals surface area (Å²) in [5, 5.41) is 8.71. The number of hydrogen-bond donors (Lipinski definition) is 3. The molecule has 314 valence electrons. The van der Waals surface area contributed by atoms with E-state index in [1.807, 2.05) is 48.5 Å². The summed E-state index contributed by atoms with van der Waals surface area (Å²) in [7, 11) is 1.73. The number of imide groups is 2. The van der Waals surface area contributed by atoms with Crippen molar-refractivity contribution in [3.05, 3.63) is 95.1 Å². The van der Waals surface area contributed by atoms with Crippen molar-refractivity contribution in [3.8, 4) is 11.8 Å². The number of nitrogens with zero attached hydrogens (tertiary/aromatic N) is 4. The minimum absolute atomic E-state index is 0.0734. The molecule has 2 unspecified atom stereocenters. The molecule has 2 aromatic rings. The van der Waals surface area contributed by atoms with Gasteiger partial charge in [-0.05, 0) is 24.7 Å². The number of likely N-dealkylation sites (tertiary alicyclic amines) is 1. The zero-order valence-corrected chi connectivity index (χ0v) is 33.3. The summed E-state index contributed by atoms with van der Waals surface area (Å²) < 4.78 is 17.2. The van der Waals surface area contributed by atoms with Crippen molar-refractivity contribution < 1.29 is 47.8 Å². The van der Waals surface area contributed by atoms with Crippen molar-refractivity contribution in [2.24, 2.45) is 10.4 Å². The normalized spacial score (nSPS) is 19.6. The zero-order valence-electron chi connectivity index (χ0n) is 33.3. The first-order valence-electron chi connectivity index (χ1n) is 19.7. The molecule has 6 rings (SSSR count). The summed E-state index contributed by atoms with van der Waals surface area (Å²) in [6.45, 7) is 1.76. The maximum absolute atomic E-state index is 13.4. The number of benzene rings is 2. The van der Waals surface area contributed by atoms with E-state index in [4.69, 9.17) is 19.2 Å². The van der Waals surface area contributed by atoms with Crippen LogP contribution in [-0.4, -0.2) is 141 Å². The Bertz CT molecular complexity index is 2120. The molecule has 3 heterocycles. The van der Waals surface area contributed by atoms with Crippen molar-refractivity contribution in [1.29, 1.82) is 0 Å². The van der Waals surface area contributed by atoms with Crippen LogP contribution in [0.1, 0.15) is 41.2 Å². The molecule has 2 atom stereocenters. The highest BCUT2D eigenvalue weighted by molar-refractivity contribution is 6.14. The zero-order chi connectivity index (χ0) is 42.5. The van der Waals surface area contributed by atoms with Crippen LogP contribution in [0.5, 0.6) is 0 Å². The lowest BCUT2D eigenvalue weighted by atomic mass is 9.77. The van der Waals surface area contributed by atoms with Gasteiger partial charge in [-0.25, -0.2) is 4.79 Å². The van der Waals surface area contributed by atoms with Gasteiger partial charge in [-0.3, -0.25) is 48.5 Å². The van der Waals surface area contributed by atoms with Crippen molar-refractivity contribution in [2.45, 2.75) is 25.4 Å². The fourth-order valence-corrected chi connectivity index (χ4v) is 7.18. The van der Waals surface area contributed by atoms with E-state index < -0.39 is 47.1 Å². The highest BCUT2D eigenvalue weighted by Gasteiger charge is 2.51. The van der Waals surface area contributed by atoms with Crippen LogP contribution >= 0.6 is 0 Å². The molecule has 1 saturated heterocycles. The van der Waals surface area contributed by atoms with Gasteiger partial charge in [0, 0.05) is 99.5 Å². The Morgan fingerprint density at radius 2 is 1.38 bits per heavy atom. The smallest absolute Gasteiger partial charge is 0.407 e. The number of alkyl carbamates (subject to hydrolysis) is 1. The SMILES string of the molecule is CNCC1(CNC(=O)CCN2C(=O)C=CC2=O)CN(C(=O)CCN2C(=O)C=CC2=O)C1=NCCOCCOCCNC(=O)OC1Cc2ccccc2C#Cc2ccccc21. The fraction of sp³-hybridized carbons (Fsp3) is 0.395. The van der Waals surface area contributed by atoms with Gasteiger partial charge in [0.25, 0.3) is 23.6 Å². The van der Waals surface area contributed by atoms with E-state index in [2.05, 4.69) is 27.8 Å². The third-order valence-corrected chi connectivity index (χ3v) is 10.2. The fourth-order valence-electron chi connectivity index (χ4n) is 7.18. The first kappa shape index (κ1) is 43.1. The number of fused-ring (bicyclic) bond motifs is 2. The Kier molecular flexibility index (Phi) is 14.7. The highest BCUT2D eigenvalue weighted by atomic mass is 16.6. The Morgan fingerprint density at radius 1 is 0.767 bits per heavy atom. The molecule has 0 saturated carbocycles. The van der Waals surface area contributed by atoms with Crippen LogP contribution in [0.4, 0.5) is 4.79 Å². The van der Waals surface area contributed by atoms with Crippen LogP contribution < -0.4 is 16.0 Å². The summed E-state index contributed by atoms with van der Waals surface area (Å²) in [6, 6.07) is 15.4. The lowest BCUT2D eigenvalue weighted by molar-refractivity contribution is -0.139. The number of carbonyl (C=O) groups excluding carboxylic acids is 7. The predicted octanol–water partition coefficient (Wildman–Crippen LogP) is 0.636. The second kappa shape index (κ2) is 20.5. The molecule has 17 nitrogen and oxygen atoms in total. The molecule has 3 aliphatic heterocycles. The average Bonchev–Trinajstić information content (AvgIpc) is 3.74. The van der Waals surface area contributed by atoms with E-state index in [1.165, 1.54) is 4.90 Å². The van der Waals surface area contributed by atoms with Crippen LogP contribution in [0, 0.1) is 17.3 Å². The summed E-state index contributed by atoms with van der Waals surface area (Å²) in [4.78, 5) is 95.0. The van der Waals surface area contributed by atoms with Crippen molar-refractivity contribution in [2.75, 3.05) is 79.3 Å². The summed E-state index contributed by atoms with van der Waals surface area (Å²) in [5.41, 5.74) is 2.77. The maximum atomic E-state index is 13.4. The summed E-state index contributed by atoms with van der Waals surface area (Å²) >= 11 is 0. The van der Waals surface area contributed by atoms with Gasteiger partial charge in [0.1, 0.15) is 11.9 Å². The number of amides is 7. The van der Waals surface area contributed by atoms with Gasteiger partial charge in [0.2, 0.25) is 11.8 Å². The van der Waals surface area contributed by atoms with E-state index in [0.717, 1.165) is 56.4 Å². The van der Waals surface area contributed by atoms with E-state index in [9.17, 15) is 33.6 Å². The molecule has 1 fully saturated rings. The largest absolute Gasteiger partial charge is 0.441 e. The minimum atomic E-state index is -0.781. The molecular weight excluding hydrogens is 775 g/mol. The average molecular weight is 822 g/mol. The highest BCUT2D eigenvalue weighted by Crippen LogP contribution is 2.34. The first-order chi connectivity index (χ1) is 29.1. The van der Waals surface area contributed by atoms with Gasteiger partial charge in [-0.1, -0.05) is 48.2 Å². The van der Waals surface area contributed by atoms with Gasteiger partial charge in [-0.15, -0.1) is 0 Å². The molecule has 2 aromatic carbocycles. The molecule has 60 heavy (non-hydrogen) atoms. The summed E-state index contributed by atoms with van der Waals surface area (Å²) in [6.07, 6.45) is 3.80. The molecule has 7 amide bonds. The third-order valence-electron chi connectivity index (χ3n) is 10.2. The van der Waals surface area contributed by atoms with Crippen LogP contribution in [-0.2, 0) is 49.4 Å². The van der Waals surface area contributed by atoms with Crippen LogP contribution in [0.15, 0.2) is 77.8 Å². The molecule has 0 bridgehead atoms. The molecular formula is C43H47N7O10. The number of amidine groups is 1. The van der Waals surface area contributed by atoms with Gasteiger partial charge in [0.05, 0.1) is 38.4 Å². The van der Waals surface area contributed by atoms with E-state index >= 15 is 0 Å². The van der Waals surface area contributed by atoms with Crippen LogP contribution in [0.3, 0.4) is 0 Å². The predicted molar refractivity (Wildman–Crippen MR) is 216 cm³/mol. The van der Waals surface area contributed by atoms with Gasteiger partial charge in [-0.2, -0.15) is 0 Å². The molecule has 17 heteroatoms. The van der Waals surface area contributed by atoms with Crippen LogP contribution in [0.2, 0.25) is 0 Å². The number of nitrogens with one attached hydrogen (secondary N) is 3. The lowest BCUT2D eigenvalue weighted by Gasteiger charge is -2.51. The number of carbonyl (C=O) groups is 7. The molecule has 4 aliphatic rings. The lowest BCUT2D eigenvalue weighted by Crippen LogP contribution is -2.70. The Balaban J connectivity index is 0.947. The van der Waals surface area contributed by atoms with Crippen molar-refractivity contribution in [1.82, 2.24) is 30.7 Å². The number of aliphatic imine (C=N–C) groups is 1. The Morgan fingerprint density at radius 3 is 2.08 bits per heavy atom. The minimum Gasteiger partial charge on any atom is -0.441 e. The van der Waals surface area contributed by atoms with Gasteiger partial charge < -0.3 is 30.2 Å². The number of hydrogen-bond acceptors (Lipinski definition) is 12. The Labute approximate surface area is 347 Å². The summed E-state index contributed by atoms with van der Waals surface area (Å²) in [5.74, 6) is 4.16. The molecule has 0 radical (unpaired) electrons. The number of ether oxygens (including phenoxy) is 3. The second-order valence-corrected chi connectivity index (χ2v) is 14.3. The number of rotatable bonds is 20. The quantitative estimate of drug-likeness (QED) is 0.0961. The van der Waals surface area contributed by atoms with E-state index in [1.54, 1.807) is 7.05 Å². The first-order valence-corrected chi connectivity index (χ1v) is 19.7. The monoisotopic (exact) mass is 821 g/mol. The van der Waals surface area contributed by atoms with Crippen molar-refractivity contribution in [3.63, 3.8) is 0 Å². The standard InChI is InChI=1S/C43H47N7O10/c1-44-27-43(28-47-35(51)16-20-48-36(52)12-13-37(48)53)29-50(40(56)17-21-49-38(54)14-15-39(49)55)41(43)45-18-22-58-24-25-59-23-19-46-42(57)60-34-26-32-8-3-2-6-30(32)10-11-31-7-4-5-9-33(31)34/h2-9,12-15,34,44H,16-29H2,1H3,(H,46,57)(H,47,51). The Hall–Kier alpha value is -6.48. The topological polar surface area (TPSA) is 205 Å². The molecule has 0 aromatic heterocycles. The van der Waals surface area contributed by atoms with E-state index in [-0.39, 0.29) is 84.4 Å². The molecule has 1 aliphatic carbocycles. The molecule has 3 N–H and O–H groups in total.